The molecule has 0 saturated heterocycles. The number of nitrogens with zero attached hydrogens (tertiary/aromatic N) is 3. The lowest BCUT2D eigenvalue weighted by molar-refractivity contribution is -0.116. The Balaban J connectivity index is 1.43. The molecule has 0 fully saturated rings. The van der Waals surface area contributed by atoms with E-state index in [1.54, 1.807) is 24.5 Å². The Bertz CT molecular complexity index is 1110. The first-order valence-corrected chi connectivity index (χ1v) is 9.13. The molecule has 5 nitrogen and oxygen atoms in total. The fourth-order valence-electron chi connectivity index (χ4n) is 3.12. The first-order chi connectivity index (χ1) is 13.8. The van der Waals surface area contributed by atoms with Crippen LogP contribution in [0.25, 0.3) is 17.0 Å². The van der Waals surface area contributed by atoms with Gasteiger partial charge in [0, 0.05) is 42.2 Å². The molecule has 0 unspecified atom stereocenters. The summed E-state index contributed by atoms with van der Waals surface area (Å²) in [5.74, 6) is -0.137. The zero-order valence-corrected chi connectivity index (χ0v) is 15.3. The lowest BCUT2D eigenvalue weighted by Gasteiger charge is -2.10. The Kier molecular flexibility index (Phi) is 5.24. The third kappa shape index (κ3) is 4.15. The Morgan fingerprint density at radius 2 is 1.82 bits per heavy atom. The molecule has 138 valence electrons. The molecule has 1 amide bonds. The maximum Gasteiger partial charge on any atom is 0.244 e. The molecule has 28 heavy (non-hydrogen) atoms. The summed E-state index contributed by atoms with van der Waals surface area (Å²) in [4.78, 5) is 16.7. The van der Waals surface area contributed by atoms with Gasteiger partial charge in [-0.1, -0.05) is 48.5 Å². The van der Waals surface area contributed by atoms with Crippen molar-refractivity contribution >= 4 is 22.9 Å². The third-order valence-corrected chi connectivity index (χ3v) is 4.54. The highest BCUT2D eigenvalue weighted by atomic mass is 16.1. The van der Waals surface area contributed by atoms with Gasteiger partial charge in [-0.3, -0.25) is 14.5 Å². The predicted octanol–water partition coefficient (Wildman–Crippen LogP) is 3.81. The topological polar surface area (TPSA) is 59.8 Å². The van der Waals surface area contributed by atoms with E-state index in [0.717, 1.165) is 27.6 Å². The van der Waals surface area contributed by atoms with Crippen LogP contribution >= 0.6 is 0 Å². The summed E-state index contributed by atoms with van der Waals surface area (Å²) in [5.41, 5.74) is 4.02. The molecule has 2 aromatic heterocycles. The smallest absolute Gasteiger partial charge is 0.244 e. The molecule has 0 spiro atoms. The van der Waals surface area contributed by atoms with Crippen LogP contribution in [0.4, 0.5) is 0 Å². The number of nitrogens with one attached hydrogen (secondary N) is 1. The third-order valence-electron chi connectivity index (χ3n) is 4.54. The minimum atomic E-state index is -0.137. The summed E-state index contributed by atoms with van der Waals surface area (Å²) in [7, 11) is 0. The lowest BCUT2D eigenvalue weighted by Crippen LogP contribution is -2.21. The van der Waals surface area contributed by atoms with Gasteiger partial charge in [0.15, 0.2) is 0 Å². The number of amides is 1. The van der Waals surface area contributed by atoms with Crippen LogP contribution in [0.5, 0.6) is 0 Å². The van der Waals surface area contributed by atoms with Crippen LogP contribution in [-0.4, -0.2) is 20.7 Å². The van der Waals surface area contributed by atoms with E-state index in [2.05, 4.69) is 21.5 Å². The van der Waals surface area contributed by atoms with E-state index in [4.69, 9.17) is 0 Å². The van der Waals surface area contributed by atoms with Crippen LogP contribution in [-0.2, 0) is 17.9 Å². The average molecular weight is 368 g/mol. The molecule has 0 radical (unpaired) electrons. The monoisotopic (exact) mass is 368 g/mol. The van der Waals surface area contributed by atoms with Gasteiger partial charge in [0.05, 0.1) is 12.1 Å². The molecule has 4 aromatic rings. The van der Waals surface area contributed by atoms with Gasteiger partial charge in [0.25, 0.3) is 0 Å². The van der Waals surface area contributed by atoms with Gasteiger partial charge in [-0.15, -0.1) is 0 Å². The second-order valence-corrected chi connectivity index (χ2v) is 6.45. The van der Waals surface area contributed by atoms with Gasteiger partial charge in [-0.2, -0.15) is 5.10 Å². The van der Waals surface area contributed by atoms with Crippen LogP contribution in [0.2, 0.25) is 0 Å². The molecule has 0 aliphatic rings. The van der Waals surface area contributed by atoms with Gasteiger partial charge >= 0.3 is 0 Å². The van der Waals surface area contributed by atoms with Crippen LogP contribution in [0, 0.1) is 0 Å². The number of pyridine rings is 1. The van der Waals surface area contributed by atoms with Gasteiger partial charge in [-0.25, -0.2) is 0 Å². The first-order valence-electron chi connectivity index (χ1n) is 9.13. The second-order valence-electron chi connectivity index (χ2n) is 6.45. The van der Waals surface area contributed by atoms with E-state index in [0.29, 0.717) is 13.1 Å². The van der Waals surface area contributed by atoms with E-state index in [1.165, 1.54) is 0 Å². The normalized spacial score (nSPS) is 11.1. The zero-order valence-electron chi connectivity index (χ0n) is 15.3. The lowest BCUT2D eigenvalue weighted by atomic mass is 10.1. The average Bonchev–Trinajstić information content (AvgIpc) is 3.24. The van der Waals surface area contributed by atoms with E-state index in [1.807, 2.05) is 65.5 Å². The zero-order chi connectivity index (χ0) is 19.2. The minimum absolute atomic E-state index is 0.137. The van der Waals surface area contributed by atoms with Crippen LogP contribution in [0.3, 0.4) is 0 Å². The van der Waals surface area contributed by atoms with Gasteiger partial charge < -0.3 is 5.32 Å². The summed E-state index contributed by atoms with van der Waals surface area (Å²) in [6.07, 6.45) is 8.81. The number of benzene rings is 2. The quantitative estimate of drug-likeness (QED) is 0.527. The van der Waals surface area contributed by atoms with Crippen molar-refractivity contribution in [3.8, 4) is 0 Å². The van der Waals surface area contributed by atoms with Crippen molar-refractivity contribution in [2.24, 2.45) is 0 Å². The number of fused-ring (bicyclic) bond motifs is 1. The van der Waals surface area contributed by atoms with Gasteiger partial charge in [0.2, 0.25) is 5.91 Å². The highest BCUT2D eigenvalue weighted by molar-refractivity contribution is 5.95. The number of carbonyl (C=O) groups is 1. The second kappa shape index (κ2) is 8.31. The highest BCUT2D eigenvalue weighted by Gasteiger charge is 2.05. The molecule has 0 aliphatic carbocycles. The van der Waals surface area contributed by atoms with E-state index in [9.17, 15) is 4.79 Å². The fourth-order valence-corrected chi connectivity index (χ4v) is 3.12. The Hall–Kier alpha value is -3.73. The number of hydrogen-bond donors (Lipinski definition) is 1. The van der Waals surface area contributed by atoms with Crippen molar-refractivity contribution in [3.05, 3.63) is 102 Å². The molecular formula is C23H20N4O. The summed E-state index contributed by atoms with van der Waals surface area (Å²) in [6, 6.07) is 19.8. The van der Waals surface area contributed by atoms with Crippen LogP contribution < -0.4 is 5.32 Å². The molecular weight excluding hydrogens is 348 g/mol. The molecule has 1 N–H and O–H groups in total. The molecule has 0 saturated carbocycles. The fraction of sp³-hybridized carbons (Fsp3) is 0.0870. The Morgan fingerprint density at radius 3 is 2.68 bits per heavy atom. The largest absolute Gasteiger partial charge is 0.348 e. The van der Waals surface area contributed by atoms with Crippen molar-refractivity contribution in [3.63, 3.8) is 0 Å². The van der Waals surface area contributed by atoms with Crippen LogP contribution in [0.15, 0.2) is 85.3 Å². The number of para-hydroxylation sites is 1. The molecule has 0 bridgehead atoms. The predicted molar refractivity (Wildman–Crippen MR) is 110 cm³/mol. The molecule has 2 heterocycles. The maximum atomic E-state index is 12.3. The molecule has 5 heteroatoms. The SMILES string of the molecule is O=C(/C=C/c1cccc2cccnc12)NCc1ccccc1Cn1cccn1. The summed E-state index contributed by atoms with van der Waals surface area (Å²) >= 11 is 0. The van der Waals surface area contributed by atoms with Gasteiger partial charge in [0.1, 0.15) is 0 Å². The Morgan fingerprint density at radius 1 is 0.964 bits per heavy atom. The van der Waals surface area contributed by atoms with Crippen molar-refractivity contribution < 1.29 is 4.79 Å². The summed E-state index contributed by atoms with van der Waals surface area (Å²) in [5, 5.41) is 8.26. The first kappa shape index (κ1) is 17.7. The number of hydrogen-bond acceptors (Lipinski definition) is 3. The van der Waals surface area contributed by atoms with Crippen molar-refractivity contribution in [2.45, 2.75) is 13.1 Å². The van der Waals surface area contributed by atoms with Gasteiger partial charge in [-0.05, 0) is 29.3 Å². The molecule has 0 atom stereocenters. The highest BCUT2D eigenvalue weighted by Crippen LogP contribution is 2.17. The summed E-state index contributed by atoms with van der Waals surface area (Å²) < 4.78 is 1.87. The molecule has 2 aromatic carbocycles. The standard InChI is InChI=1S/C23H20N4O/c28-22(12-11-19-9-3-8-18-10-4-13-24-23(18)19)25-16-20-6-1-2-7-21(20)17-27-15-5-14-26-27/h1-15H,16-17H2,(H,25,28)/b12-11+. The van der Waals surface area contributed by atoms with Crippen molar-refractivity contribution in [1.82, 2.24) is 20.1 Å². The number of rotatable bonds is 6. The van der Waals surface area contributed by atoms with Crippen molar-refractivity contribution in [1.29, 1.82) is 0 Å². The van der Waals surface area contributed by atoms with E-state index in [-0.39, 0.29) is 5.91 Å². The molecule has 4 rings (SSSR count). The van der Waals surface area contributed by atoms with Crippen molar-refractivity contribution in [2.75, 3.05) is 0 Å². The number of carbonyl (C=O) groups excluding carboxylic acids is 1. The minimum Gasteiger partial charge on any atom is -0.348 e. The van der Waals surface area contributed by atoms with E-state index < -0.39 is 0 Å². The van der Waals surface area contributed by atoms with E-state index >= 15 is 0 Å². The maximum absolute atomic E-state index is 12.3. The van der Waals surface area contributed by atoms with Crippen LogP contribution in [0.1, 0.15) is 16.7 Å². The summed E-state index contributed by atoms with van der Waals surface area (Å²) in [6.45, 7) is 1.14. The number of aromatic nitrogens is 3. The Labute approximate surface area is 163 Å². The molecule has 0 aliphatic heterocycles.